The van der Waals surface area contributed by atoms with Gasteiger partial charge in [0.25, 0.3) is 0 Å². The minimum Gasteiger partial charge on any atom is -0.508 e. The topological polar surface area (TPSA) is 20.2 Å². The Kier molecular flexibility index (Phi) is 4.41. The van der Waals surface area contributed by atoms with Crippen LogP contribution in [0.2, 0.25) is 0 Å². The lowest BCUT2D eigenvalue weighted by Gasteiger charge is -2.12. The zero-order valence-corrected chi connectivity index (χ0v) is 9.83. The summed E-state index contributed by atoms with van der Waals surface area (Å²) in [6.07, 6.45) is 4.60. The molecule has 1 rings (SSSR count). The summed E-state index contributed by atoms with van der Waals surface area (Å²) in [5.41, 5.74) is 2.59. The minimum absolute atomic E-state index is 0.331. The number of hydrogen-bond acceptors (Lipinski definition) is 1. The highest BCUT2D eigenvalue weighted by molar-refractivity contribution is 5.67. The van der Waals surface area contributed by atoms with E-state index in [1.165, 1.54) is 17.6 Å². The van der Waals surface area contributed by atoms with Crippen molar-refractivity contribution in [2.24, 2.45) is 5.92 Å². The van der Waals surface area contributed by atoms with Gasteiger partial charge in [0.05, 0.1) is 0 Å². The number of aromatic hydroxyl groups is 1. The summed E-state index contributed by atoms with van der Waals surface area (Å²) >= 11 is 0. The van der Waals surface area contributed by atoms with Crippen molar-refractivity contribution in [2.45, 2.75) is 33.6 Å². The molecule has 1 nitrogen and oxygen atoms in total. The van der Waals surface area contributed by atoms with Crippen LogP contribution < -0.4 is 0 Å². The molecule has 1 heteroatoms. The molecular formula is C14H20O. The standard InChI is InChI=1S/C14H20O/c1-4-5-6-14(11(2)3)12-7-9-13(15)10-8-12/h6-11,15H,4-5H2,1-3H3. The first-order valence-electron chi connectivity index (χ1n) is 5.64. The molecule has 0 bridgehead atoms. The summed E-state index contributed by atoms with van der Waals surface area (Å²) in [6, 6.07) is 7.46. The van der Waals surface area contributed by atoms with Gasteiger partial charge in [0.2, 0.25) is 0 Å². The minimum atomic E-state index is 0.331. The molecule has 0 heterocycles. The monoisotopic (exact) mass is 204 g/mol. The number of phenols is 1. The molecule has 0 amide bonds. The highest BCUT2D eigenvalue weighted by atomic mass is 16.3. The molecule has 0 saturated heterocycles. The Morgan fingerprint density at radius 3 is 2.33 bits per heavy atom. The van der Waals surface area contributed by atoms with Gasteiger partial charge in [-0.3, -0.25) is 0 Å². The fourth-order valence-corrected chi connectivity index (χ4v) is 1.64. The van der Waals surface area contributed by atoms with Crippen molar-refractivity contribution in [2.75, 3.05) is 0 Å². The van der Waals surface area contributed by atoms with Crippen LogP contribution >= 0.6 is 0 Å². The maximum Gasteiger partial charge on any atom is 0.115 e. The molecule has 0 spiro atoms. The highest BCUT2D eigenvalue weighted by Gasteiger charge is 2.05. The van der Waals surface area contributed by atoms with Crippen molar-refractivity contribution < 1.29 is 5.11 Å². The third-order valence-corrected chi connectivity index (χ3v) is 2.48. The number of unbranched alkanes of at least 4 members (excludes halogenated alkanes) is 1. The first kappa shape index (κ1) is 11.8. The van der Waals surface area contributed by atoms with E-state index in [1.807, 2.05) is 12.1 Å². The molecule has 0 aliphatic rings. The van der Waals surface area contributed by atoms with E-state index in [0.717, 1.165) is 6.42 Å². The maximum atomic E-state index is 9.23. The van der Waals surface area contributed by atoms with Gasteiger partial charge in [-0.05, 0) is 35.6 Å². The molecule has 1 aromatic rings. The van der Waals surface area contributed by atoms with Crippen LogP contribution in [0.15, 0.2) is 30.3 Å². The summed E-state index contributed by atoms with van der Waals surface area (Å²) in [7, 11) is 0. The first-order chi connectivity index (χ1) is 7.15. The Balaban J connectivity index is 2.94. The SMILES string of the molecule is CCCC=C(c1ccc(O)cc1)C(C)C. The molecular weight excluding hydrogens is 184 g/mol. The number of allylic oxidation sites excluding steroid dienone is 2. The average Bonchev–Trinajstić information content (AvgIpc) is 2.21. The van der Waals surface area contributed by atoms with Gasteiger partial charge in [-0.25, -0.2) is 0 Å². The third-order valence-electron chi connectivity index (χ3n) is 2.48. The van der Waals surface area contributed by atoms with Gasteiger partial charge in [0.1, 0.15) is 5.75 Å². The number of phenolic OH excluding ortho intramolecular Hbond substituents is 1. The lowest BCUT2D eigenvalue weighted by atomic mass is 9.94. The van der Waals surface area contributed by atoms with Crippen LogP contribution in [0.1, 0.15) is 39.2 Å². The summed E-state index contributed by atoms with van der Waals surface area (Å²) < 4.78 is 0. The van der Waals surface area contributed by atoms with Crippen LogP contribution in [0.25, 0.3) is 5.57 Å². The molecule has 0 saturated carbocycles. The van der Waals surface area contributed by atoms with Crippen molar-refractivity contribution in [3.05, 3.63) is 35.9 Å². The molecule has 1 N–H and O–H groups in total. The summed E-state index contributed by atoms with van der Waals surface area (Å²) in [4.78, 5) is 0. The molecule has 0 unspecified atom stereocenters. The smallest absolute Gasteiger partial charge is 0.115 e. The number of hydrogen-bond donors (Lipinski definition) is 1. The fraction of sp³-hybridized carbons (Fsp3) is 0.429. The van der Waals surface area contributed by atoms with Gasteiger partial charge in [-0.1, -0.05) is 45.4 Å². The lowest BCUT2D eigenvalue weighted by molar-refractivity contribution is 0.475. The van der Waals surface area contributed by atoms with Crippen molar-refractivity contribution in [1.29, 1.82) is 0 Å². The predicted octanol–water partition coefficient (Wildman–Crippen LogP) is 4.23. The van der Waals surface area contributed by atoms with E-state index in [4.69, 9.17) is 0 Å². The van der Waals surface area contributed by atoms with E-state index < -0.39 is 0 Å². The van der Waals surface area contributed by atoms with Gasteiger partial charge in [0.15, 0.2) is 0 Å². The second-order valence-corrected chi connectivity index (χ2v) is 4.15. The number of benzene rings is 1. The van der Waals surface area contributed by atoms with E-state index in [1.54, 1.807) is 12.1 Å². The van der Waals surface area contributed by atoms with Crippen molar-refractivity contribution in [3.63, 3.8) is 0 Å². The maximum absolute atomic E-state index is 9.23. The summed E-state index contributed by atoms with van der Waals surface area (Å²) in [5.74, 6) is 0.860. The van der Waals surface area contributed by atoms with Gasteiger partial charge in [-0.15, -0.1) is 0 Å². The molecule has 0 aromatic heterocycles. The van der Waals surface area contributed by atoms with Gasteiger partial charge >= 0.3 is 0 Å². The highest BCUT2D eigenvalue weighted by Crippen LogP contribution is 2.25. The first-order valence-corrected chi connectivity index (χ1v) is 5.64. The van der Waals surface area contributed by atoms with E-state index in [0.29, 0.717) is 11.7 Å². The van der Waals surface area contributed by atoms with Gasteiger partial charge < -0.3 is 5.11 Å². The zero-order chi connectivity index (χ0) is 11.3. The van der Waals surface area contributed by atoms with Crippen LogP contribution in [0.3, 0.4) is 0 Å². The van der Waals surface area contributed by atoms with Crippen molar-refractivity contribution in [3.8, 4) is 5.75 Å². The summed E-state index contributed by atoms with van der Waals surface area (Å²) in [5, 5.41) is 9.23. The average molecular weight is 204 g/mol. The quantitative estimate of drug-likeness (QED) is 0.778. The fourth-order valence-electron chi connectivity index (χ4n) is 1.64. The van der Waals surface area contributed by atoms with Crippen LogP contribution in [0.4, 0.5) is 0 Å². The molecule has 0 aliphatic heterocycles. The van der Waals surface area contributed by atoms with Gasteiger partial charge in [0, 0.05) is 0 Å². The molecule has 0 aliphatic carbocycles. The van der Waals surface area contributed by atoms with E-state index in [-0.39, 0.29) is 0 Å². The Hall–Kier alpha value is -1.24. The molecule has 0 fully saturated rings. The van der Waals surface area contributed by atoms with E-state index >= 15 is 0 Å². The predicted molar refractivity (Wildman–Crippen MR) is 65.8 cm³/mol. The molecule has 0 radical (unpaired) electrons. The Bertz CT molecular complexity index is 320. The van der Waals surface area contributed by atoms with Crippen molar-refractivity contribution in [1.82, 2.24) is 0 Å². The Morgan fingerprint density at radius 1 is 1.27 bits per heavy atom. The second kappa shape index (κ2) is 5.59. The van der Waals surface area contributed by atoms with E-state index in [9.17, 15) is 5.11 Å². The van der Waals surface area contributed by atoms with Crippen molar-refractivity contribution >= 4 is 5.57 Å². The normalized spacial score (nSPS) is 12.1. The lowest BCUT2D eigenvalue weighted by Crippen LogP contribution is -1.93. The van der Waals surface area contributed by atoms with Crippen LogP contribution in [0, 0.1) is 5.92 Å². The van der Waals surface area contributed by atoms with Gasteiger partial charge in [-0.2, -0.15) is 0 Å². The molecule has 0 atom stereocenters. The molecule has 82 valence electrons. The van der Waals surface area contributed by atoms with E-state index in [2.05, 4.69) is 26.8 Å². The molecule has 1 aromatic carbocycles. The number of rotatable bonds is 4. The van der Waals surface area contributed by atoms with Crippen LogP contribution in [0.5, 0.6) is 5.75 Å². The molecule has 15 heavy (non-hydrogen) atoms. The summed E-state index contributed by atoms with van der Waals surface area (Å²) in [6.45, 7) is 6.59. The van der Waals surface area contributed by atoms with Crippen LogP contribution in [-0.4, -0.2) is 5.11 Å². The second-order valence-electron chi connectivity index (χ2n) is 4.15. The Labute approximate surface area is 92.5 Å². The zero-order valence-electron chi connectivity index (χ0n) is 9.83. The third kappa shape index (κ3) is 3.43. The largest absolute Gasteiger partial charge is 0.508 e. The Morgan fingerprint density at radius 2 is 1.87 bits per heavy atom. The van der Waals surface area contributed by atoms with Crippen LogP contribution in [-0.2, 0) is 0 Å².